The van der Waals surface area contributed by atoms with E-state index in [1.807, 2.05) is 0 Å². The van der Waals surface area contributed by atoms with Crippen LogP contribution in [0.15, 0.2) is 12.7 Å². The van der Waals surface area contributed by atoms with Gasteiger partial charge in [0.1, 0.15) is 18.3 Å². The number of halogens is 1. The highest BCUT2D eigenvalue weighted by Gasteiger charge is 2.32. The van der Waals surface area contributed by atoms with Crippen molar-refractivity contribution in [3.63, 3.8) is 0 Å². The number of aromatic nitrogens is 3. The van der Waals surface area contributed by atoms with Crippen LogP contribution in [0, 0.1) is 0 Å². The van der Waals surface area contributed by atoms with Crippen molar-refractivity contribution < 1.29 is 4.39 Å². The molecule has 0 spiro atoms. The molecule has 0 saturated carbocycles. The first-order valence-corrected chi connectivity index (χ1v) is 4.51. The average Bonchev–Trinajstić information content (AvgIpc) is 2.57. The first-order valence-electron chi connectivity index (χ1n) is 4.51. The Morgan fingerprint density at radius 2 is 2.54 bits per heavy atom. The summed E-state index contributed by atoms with van der Waals surface area (Å²) in [6, 6.07) is 0. The molecule has 0 aliphatic carbocycles. The Hall–Kier alpha value is -0.970. The smallest absolute Gasteiger partial charge is 0.142 e. The van der Waals surface area contributed by atoms with Gasteiger partial charge in [-0.2, -0.15) is 5.10 Å². The highest BCUT2D eigenvalue weighted by molar-refractivity contribution is 4.85. The summed E-state index contributed by atoms with van der Waals surface area (Å²) in [6.45, 7) is 1.65. The summed E-state index contributed by atoms with van der Waals surface area (Å²) >= 11 is 0. The van der Waals surface area contributed by atoms with Gasteiger partial charge < -0.3 is 5.32 Å². The summed E-state index contributed by atoms with van der Waals surface area (Å²) in [7, 11) is 0. The van der Waals surface area contributed by atoms with Crippen molar-refractivity contribution in [2.24, 2.45) is 0 Å². The highest BCUT2D eigenvalue weighted by Crippen LogP contribution is 2.22. The van der Waals surface area contributed by atoms with E-state index in [1.54, 1.807) is 11.0 Å². The molecule has 5 heteroatoms. The molecule has 1 fully saturated rings. The summed E-state index contributed by atoms with van der Waals surface area (Å²) in [5.74, 6) is 0. The minimum atomic E-state index is -1.15. The van der Waals surface area contributed by atoms with Crippen LogP contribution in [0.2, 0.25) is 0 Å². The quantitative estimate of drug-likeness (QED) is 0.722. The van der Waals surface area contributed by atoms with Crippen molar-refractivity contribution in [2.75, 3.05) is 13.1 Å². The Morgan fingerprint density at radius 1 is 1.62 bits per heavy atom. The summed E-state index contributed by atoms with van der Waals surface area (Å²) in [5, 5.41) is 6.94. The molecule has 0 bridgehead atoms. The number of hydrogen-bond acceptors (Lipinski definition) is 3. The van der Waals surface area contributed by atoms with Gasteiger partial charge in [0.15, 0.2) is 0 Å². The molecule has 4 nitrogen and oxygen atoms in total. The maximum Gasteiger partial charge on any atom is 0.142 e. The number of nitrogens with one attached hydrogen (secondary N) is 1. The molecule has 1 atom stereocenters. The van der Waals surface area contributed by atoms with E-state index in [4.69, 9.17) is 0 Å². The van der Waals surface area contributed by atoms with E-state index in [9.17, 15) is 4.39 Å². The van der Waals surface area contributed by atoms with Crippen LogP contribution in [0.3, 0.4) is 0 Å². The van der Waals surface area contributed by atoms with Crippen LogP contribution >= 0.6 is 0 Å². The molecule has 2 heterocycles. The third-order valence-corrected chi connectivity index (χ3v) is 2.33. The number of rotatable bonds is 2. The van der Waals surface area contributed by atoms with E-state index >= 15 is 0 Å². The fourth-order valence-corrected chi connectivity index (χ4v) is 1.67. The zero-order valence-corrected chi connectivity index (χ0v) is 7.41. The Kier molecular flexibility index (Phi) is 2.26. The van der Waals surface area contributed by atoms with Gasteiger partial charge in [-0.05, 0) is 19.4 Å². The van der Waals surface area contributed by atoms with Crippen LogP contribution in [0.5, 0.6) is 0 Å². The zero-order valence-electron chi connectivity index (χ0n) is 7.41. The molecule has 1 aliphatic rings. The topological polar surface area (TPSA) is 42.7 Å². The molecular formula is C8H13FN4. The van der Waals surface area contributed by atoms with Crippen molar-refractivity contribution in [2.45, 2.75) is 25.1 Å². The minimum Gasteiger partial charge on any atom is -0.313 e. The van der Waals surface area contributed by atoms with E-state index < -0.39 is 5.67 Å². The third kappa shape index (κ3) is 2.03. The first-order chi connectivity index (χ1) is 6.29. The molecule has 13 heavy (non-hydrogen) atoms. The van der Waals surface area contributed by atoms with Gasteiger partial charge in [-0.25, -0.2) is 14.1 Å². The summed E-state index contributed by atoms with van der Waals surface area (Å²) < 4.78 is 15.5. The minimum absolute atomic E-state index is 0.306. The van der Waals surface area contributed by atoms with Crippen molar-refractivity contribution in [3.05, 3.63) is 12.7 Å². The fourth-order valence-electron chi connectivity index (χ4n) is 1.67. The molecule has 72 valence electrons. The largest absolute Gasteiger partial charge is 0.313 e. The molecule has 1 unspecified atom stereocenters. The van der Waals surface area contributed by atoms with E-state index in [1.165, 1.54) is 6.33 Å². The maximum atomic E-state index is 14.0. The second-order valence-corrected chi connectivity index (χ2v) is 3.52. The lowest BCUT2D eigenvalue weighted by atomic mass is 9.96. The standard InChI is InChI=1S/C8H13FN4/c9-8(2-1-3-10-4-8)5-13-7-11-6-12-13/h6-7,10H,1-5H2. The van der Waals surface area contributed by atoms with E-state index in [0.717, 1.165) is 13.0 Å². The lowest BCUT2D eigenvalue weighted by Crippen LogP contribution is -2.45. The summed E-state index contributed by atoms with van der Waals surface area (Å²) in [6.07, 6.45) is 4.49. The van der Waals surface area contributed by atoms with Crippen molar-refractivity contribution in [1.82, 2.24) is 20.1 Å². The molecule has 0 amide bonds. The normalized spacial score (nSPS) is 29.0. The molecule has 0 aromatic carbocycles. The van der Waals surface area contributed by atoms with Crippen molar-refractivity contribution in [3.8, 4) is 0 Å². The van der Waals surface area contributed by atoms with Gasteiger partial charge >= 0.3 is 0 Å². The van der Waals surface area contributed by atoms with Gasteiger partial charge in [0.05, 0.1) is 6.54 Å². The van der Waals surface area contributed by atoms with E-state index in [0.29, 0.717) is 19.5 Å². The molecular weight excluding hydrogens is 171 g/mol. The Balaban J connectivity index is 1.99. The molecule has 1 N–H and O–H groups in total. The monoisotopic (exact) mass is 184 g/mol. The van der Waals surface area contributed by atoms with Crippen LogP contribution in [0.1, 0.15) is 12.8 Å². The Labute approximate surface area is 76.2 Å². The molecule has 1 saturated heterocycles. The second-order valence-electron chi connectivity index (χ2n) is 3.52. The van der Waals surface area contributed by atoms with Gasteiger partial charge in [-0.3, -0.25) is 0 Å². The number of piperidine rings is 1. The Bertz CT molecular complexity index is 253. The van der Waals surface area contributed by atoms with Crippen molar-refractivity contribution in [1.29, 1.82) is 0 Å². The average molecular weight is 184 g/mol. The zero-order chi connectivity index (χ0) is 9.15. The van der Waals surface area contributed by atoms with Gasteiger partial charge in [0.2, 0.25) is 0 Å². The van der Waals surface area contributed by atoms with Gasteiger partial charge in [0, 0.05) is 6.54 Å². The van der Waals surface area contributed by atoms with Crippen LogP contribution in [-0.2, 0) is 6.54 Å². The van der Waals surface area contributed by atoms with Gasteiger partial charge in [-0.15, -0.1) is 0 Å². The molecule has 1 aromatic rings. The number of alkyl halides is 1. The van der Waals surface area contributed by atoms with Gasteiger partial charge in [0.25, 0.3) is 0 Å². The predicted octanol–water partition coefficient (Wildman–Crippen LogP) is 0.370. The first kappa shape index (κ1) is 8.62. The lowest BCUT2D eigenvalue weighted by molar-refractivity contribution is 0.0955. The Morgan fingerprint density at radius 3 is 3.15 bits per heavy atom. The summed E-state index contributed by atoms with van der Waals surface area (Å²) in [5.41, 5.74) is -1.15. The van der Waals surface area contributed by atoms with E-state index in [2.05, 4.69) is 15.4 Å². The molecule has 0 radical (unpaired) electrons. The summed E-state index contributed by atoms with van der Waals surface area (Å²) in [4.78, 5) is 3.78. The van der Waals surface area contributed by atoms with Gasteiger partial charge in [-0.1, -0.05) is 0 Å². The maximum absolute atomic E-state index is 14.0. The lowest BCUT2D eigenvalue weighted by Gasteiger charge is -2.29. The van der Waals surface area contributed by atoms with Crippen molar-refractivity contribution >= 4 is 0 Å². The highest BCUT2D eigenvalue weighted by atomic mass is 19.1. The second kappa shape index (κ2) is 3.41. The molecule has 2 rings (SSSR count). The SMILES string of the molecule is FC1(Cn2cncn2)CCCNC1. The van der Waals surface area contributed by atoms with Crippen LogP contribution in [0.4, 0.5) is 4.39 Å². The van der Waals surface area contributed by atoms with Crippen LogP contribution < -0.4 is 5.32 Å². The predicted molar refractivity (Wildman–Crippen MR) is 46.0 cm³/mol. The van der Waals surface area contributed by atoms with Crippen LogP contribution in [-0.4, -0.2) is 33.5 Å². The molecule has 1 aliphatic heterocycles. The third-order valence-electron chi connectivity index (χ3n) is 2.33. The fraction of sp³-hybridized carbons (Fsp3) is 0.750. The molecule has 1 aromatic heterocycles. The van der Waals surface area contributed by atoms with Crippen LogP contribution in [0.25, 0.3) is 0 Å². The number of hydrogen-bond donors (Lipinski definition) is 1. The van der Waals surface area contributed by atoms with E-state index in [-0.39, 0.29) is 0 Å². The number of nitrogens with zero attached hydrogens (tertiary/aromatic N) is 3.